The third kappa shape index (κ3) is 10.3. The van der Waals surface area contributed by atoms with E-state index in [4.69, 9.17) is 9.72 Å². The minimum absolute atomic E-state index is 0.0339. The smallest absolute Gasteiger partial charge is 0.234 e. The maximum atomic E-state index is 15.3. The van der Waals surface area contributed by atoms with Gasteiger partial charge in [-0.2, -0.15) is 4.98 Å². The normalized spacial score (nSPS) is 18.9. The molecule has 2 aromatic heterocycles. The molecule has 0 bridgehead atoms. The number of carbonyl (C=O) groups is 3. The van der Waals surface area contributed by atoms with Gasteiger partial charge in [-0.3, -0.25) is 34.6 Å². The van der Waals surface area contributed by atoms with Gasteiger partial charge in [0.25, 0.3) is 0 Å². The molecule has 4 aliphatic rings. The molecular formula is C49H57BrF2N11O5P. The third-order valence-electron chi connectivity index (χ3n) is 14.0. The molecule has 4 aliphatic heterocycles. The van der Waals surface area contributed by atoms with Crippen molar-refractivity contribution in [3.8, 4) is 5.75 Å². The highest BCUT2D eigenvalue weighted by Gasteiger charge is 2.36. The second-order valence-corrected chi connectivity index (χ2v) is 22.6. The number of piperazine rings is 1. The van der Waals surface area contributed by atoms with Crippen LogP contribution in [0.4, 0.5) is 43.3 Å². The summed E-state index contributed by atoms with van der Waals surface area (Å²) in [5.41, 5.74) is 4.98. The van der Waals surface area contributed by atoms with Crippen molar-refractivity contribution >= 4 is 91.6 Å². The molecule has 20 heteroatoms. The van der Waals surface area contributed by atoms with Gasteiger partial charge >= 0.3 is 0 Å². The van der Waals surface area contributed by atoms with Gasteiger partial charge in [0.1, 0.15) is 35.9 Å². The van der Waals surface area contributed by atoms with Crippen LogP contribution in [-0.2, 0) is 25.4 Å². The second kappa shape index (κ2) is 20.3. The number of hydrogen-bond acceptors (Lipinski definition) is 14. The number of aromatic nitrogens is 4. The number of aryl methyl sites for hydroxylation is 1. The predicted molar refractivity (Wildman–Crippen MR) is 267 cm³/mol. The van der Waals surface area contributed by atoms with Crippen molar-refractivity contribution in [2.24, 2.45) is 5.92 Å². The number of methoxy groups -OCH3 is 1. The number of carbonyl (C=O) groups excluding carboxylic acids is 3. The number of nitrogens with one attached hydrogen (secondary N) is 3. The number of nitrogens with zero attached hydrogens (tertiary/aromatic N) is 8. The zero-order valence-electron chi connectivity index (χ0n) is 39.2. The molecule has 3 amide bonds. The van der Waals surface area contributed by atoms with Crippen molar-refractivity contribution in [1.82, 2.24) is 35.1 Å². The molecule has 0 saturated carbocycles. The van der Waals surface area contributed by atoms with Crippen LogP contribution < -0.4 is 35.8 Å². The summed E-state index contributed by atoms with van der Waals surface area (Å²) >= 11 is 3.59. The molecule has 69 heavy (non-hydrogen) atoms. The highest BCUT2D eigenvalue weighted by molar-refractivity contribution is 9.10. The van der Waals surface area contributed by atoms with Crippen molar-refractivity contribution in [3.63, 3.8) is 0 Å². The van der Waals surface area contributed by atoms with Gasteiger partial charge < -0.3 is 34.6 Å². The molecule has 4 saturated heterocycles. The van der Waals surface area contributed by atoms with Gasteiger partial charge in [0.15, 0.2) is 0 Å². The summed E-state index contributed by atoms with van der Waals surface area (Å²) in [5, 5.41) is 9.52. The average molecular weight is 1030 g/mol. The Morgan fingerprint density at radius 1 is 0.870 bits per heavy atom. The zero-order chi connectivity index (χ0) is 48.6. The molecule has 0 aliphatic carbocycles. The third-order valence-corrected chi connectivity index (χ3v) is 16.1. The molecule has 1 atom stereocenters. The van der Waals surface area contributed by atoms with E-state index < -0.39 is 36.5 Å². The maximum absolute atomic E-state index is 15.3. The van der Waals surface area contributed by atoms with Crippen LogP contribution in [0.15, 0.2) is 59.5 Å². The van der Waals surface area contributed by atoms with Gasteiger partial charge in [0, 0.05) is 112 Å². The number of piperidine rings is 3. The second-order valence-electron chi connectivity index (χ2n) is 18.6. The minimum atomic E-state index is -2.80. The van der Waals surface area contributed by atoms with E-state index in [0.29, 0.717) is 94.8 Å². The number of halogens is 3. The molecule has 3 aromatic carbocycles. The molecule has 4 fully saturated rings. The van der Waals surface area contributed by atoms with Crippen LogP contribution in [0.3, 0.4) is 0 Å². The zero-order valence-corrected chi connectivity index (χ0v) is 41.7. The minimum Gasteiger partial charge on any atom is -0.494 e. The van der Waals surface area contributed by atoms with E-state index >= 15 is 8.78 Å². The summed E-state index contributed by atoms with van der Waals surface area (Å²) in [6, 6.07) is 10.8. The van der Waals surface area contributed by atoms with E-state index in [-0.39, 0.29) is 30.2 Å². The fourth-order valence-corrected chi connectivity index (χ4v) is 12.0. The van der Waals surface area contributed by atoms with Crippen molar-refractivity contribution in [3.05, 3.63) is 82.2 Å². The first-order chi connectivity index (χ1) is 33.2. The lowest BCUT2D eigenvalue weighted by Gasteiger charge is -2.44. The Labute approximate surface area is 408 Å². The number of benzene rings is 3. The van der Waals surface area contributed by atoms with E-state index in [1.807, 2.05) is 21.9 Å². The van der Waals surface area contributed by atoms with Crippen molar-refractivity contribution in [2.45, 2.75) is 63.8 Å². The number of ether oxygens (including phenoxy) is 1. The maximum Gasteiger partial charge on any atom is 0.234 e. The summed E-state index contributed by atoms with van der Waals surface area (Å²) in [4.78, 5) is 64.7. The first kappa shape index (κ1) is 48.3. The highest BCUT2D eigenvalue weighted by Crippen LogP contribution is 2.42. The Kier molecular flexibility index (Phi) is 14.2. The van der Waals surface area contributed by atoms with E-state index in [1.165, 1.54) is 12.1 Å². The Hall–Kier alpha value is -5.78. The average Bonchev–Trinajstić information content (AvgIpc) is 3.34. The van der Waals surface area contributed by atoms with Crippen LogP contribution in [0.1, 0.15) is 62.5 Å². The van der Waals surface area contributed by atoms with E-state index in [9.17, 15) is 18.9 Å². The topological polar surface area (TPSA) is 178 Å². The van der Waals surface area contributed by atoms with Crippen LogP contribution >= 0.6 is 23.1 Å². The Bertz CT molecular complexity index is 2810. The fourth-order valence-electron chi connectivity index (χ4n) is 10.4. The lowest BCUT2D eigenvalue weighted by Crippen LogP contribution is -2.55. The molecule has 1 unspecified atom stereocenters. The molecule has 9 rings (SSSR count). The van der Waals surface area contributed by atoms with Crippen molar-refractivity contribution in [2.75, 3.05) is 93.2 Å². The molecule has 6 heterocycles. The van der Waals surface area contributed by atoms with Gasteiger partial charge in [0.2, 0.25) is 23.7 Å². The molecule has 0 spiro atoms. The highest BCUT2D eigenvalue weighted by atomic mass is 79.9. The van der Waals surface area contributed by atoms with Crippen LogP contribution in [0.2, 0.25) is 0 Å². The number of imide groups is 1. The number of rotatable bonds is 12. The van der Waals surface area contributed by atoms with E-state index in [1.54, 1.807) is 39.0 Å². The molecule has 0 radical (unpaired) electrons. The van der Waals surface area contributed by atoms with Crippen LogP contribution in [0, 0.1) is 17.6 Å². The molecule has 16 nitrogen and oxygen atoms in total. The molecule has 5 aromatic rings. The van der Waals surface area contributed by atoms with Crippen LogP contribution in [0.5, 0.6) is 5.75 Å². The number of hydrogen-bond donors (Lipinski definition) is 3. The van der Waals surface area contributed by atoms with Gasteiger partial charge in [-0.05, 0) is 104 Å². The summed E-state index contributed by atoms with van der Waals surface area (Å²) in [6.45, 7) is 11.3. The Morgan fingerprint density at radius 2 is 1.57 bits per heavy atom. The van der Waals surface area contributed by atoms with Crippen molar-refractivity contribution in [1.29, 1.82) is 0 Å². The largest absolute Gasteiger partial charge is 0.494 e. The Balaban J connectivity index is 0.778. The van der Waals surface area contributed by atoms with Gasteiger partial charge in [0.05, 0.1) is 39.7 Å². The fraction of sp³-hybridized carbons (Fsp3) is 0.449. The summed E-state index contributed by atoms with van der Waals surface area (Å²) < 4.78 is 50.6. The van der Waals surface area contributed by atoms with Gasteiger partial charge in [-0.25, -0.2) is 13.8 Å². The van der Waals surface area contributed by atoms with Gasteiger partial charge in [-0.1, -0.05) is 6.92 Å². The number of fused-ring (bicyclic) bond motifs is 1. The van der Waals surface area contributed by atoms with Crippen molar-refractivity contribution < 1.29 is 32.5 Å². The lowest BCUT2D eigenvalue weighted by atomic mass is 9.89. The number of anilines is 6. The summed E-state index contributed by atoms with van der Waals surface area (Å²) in [7, 11) is -1.14. The monoisotopic (exact) mass is 1030 g/mol. The lowest BCUT2D eigenvalue weighted by molar-refractivity contribution is -0.138. The van der Waals surface area contributed by atoms with Crippen LogP contribution in [0.25, 0.3) is 11.0 Å². The number of amides is 3. The molecule has 3 N–H and O–H groups in total. The molecular weight excluding hydrogens is 971 g/mol. The van der Waals surface area contributed by atoms with E-state index in [0.717, 1.165) is 62.4 Å². The standard InChI is InChI=1S/C49H57BrF2N11O5P/c1-5-29-24-39(57-49-55-28-34(50)46(59-49)56-38-8-7-37-44(54-15-14-53-37)45(38)69(3,4)67)41(68-2)27-40(29)62-18-12-31(13-19-62)61-20-22-63(23-21-61)48(66)30-10-16-60(17-11-30)32-25-35(51)43(36(52)26-32)33-6-9-42(64)58-47(33)65/h7-8,14-15,24-28,30-31,33H,5-6,9-13,16-23H2,1-4H3,(H,58,64,65)(H2,55,56,57,59). The SMILES string of the molecule is CCc1cc(Nc2ncc(Br)c(Nc3ccc4nccnc4c3P(C)(C)=O)n2)c(OC)cc1N1CCC(N2CCN(C(=O)C3CCN(c4cc(F)c(C5CCC(=O)NC5=O)c(F)c4)CC3)CC2)CC1. The summed E-state index contributed by atoms with van der Waals surface area (Å²) in [6.07, 6.45) is 8.93. The van der Waals surface area contributed by atoms with Crippen LogP contribution in [-0.4, -0.2) is 126 Å². The first-order valence-corrected chi connectivity index (χ1v) is 27.0. The Morgan fingerprint density at radius 3 is 2.23 bits per heavy atom. The first-order valence-electron chi connectivity index (χ1n) is 23.6. The predicted octanol–water partition coefficient (Wildman–Crippen LogP) is 7.32. The quantitative estimate of drug-likeness (QED) is 0.0837. The molecule has 364 valence electrons. The van der Waals surface area contributed by atoms with E-state index in [2.05, 4.69) is 75.7 Å². The summed E-state index contributed by atoms with van der Waals surface area (Å²) in [5.74, 6) is -2.28. The van der Waals surface area contributed by atoms with Gasteiger partial charge in [-0.15, -0.1) is 0 Å².